The van der Waals surface area contributed by atoms with Crippen LogP contribution in [0.1, 0.15) is 99.3 Å². The number of fused-ring (bicyclic) bond motifs is 1. The first-order chi connectivity index (χ1) is 25.8. The molecule has 0 spiro atoms. The van der Waals surface area contributed by atoms with Crippen molar-refractivity contribution in [2.45, 2.75) is 117 Å². The van der Waals surface area contributed by atoms with E-state index in [1.54, 1.807) is 10.9 Å². The molecular weight excluding hydrogens is 677 g/mol. The molecule has 290 valence electrons. The van der Waals surface area contributed by atoms with Gasteiger partial charge in [-0.05, 0) is 70.9 Å². The number of nitrogens with zero attached hydrogens (tertiary/aromatic N) is 6. The Bertz CT molecular complexity index is 1820. The molecule has 0 saturated carbocycles. The molecule has 2 aromatic heterocycles. The van der Waals surface area contributed by atoms with Gasteiger partial charge in [0.15, 0.2) is 0 Å². The summed E-state index contributed by atoms with van der Waals surface area (Å²) < 4.78 is 7.32. The zero-order valence-electron chi connectivity index (χ0n) is 33.4. The molecule has 0 N–H and O–H groups in total. The van der Waals surface area contributed by atoms with E-state index in [-0.39, 0.29) is 30.0 Å². The normalized spacial score (nSPS) is 13.7. The Morgan fingerprint density at radius 1 is 0.685 bits per heavy atom. The summed E-state index contributed by atoms with van der Waals surface area (Å²) in [6.07, 6.45) is 16.5. The number of pyridine rings is 1. The lowest BCUT2D eigenvalue weighted by molar-refractivity contribution is -0.140. The molecule has 5 rings (SSSR count). The van der Waals surface area contributed by atoms with E-state index in [9.17, 15) is 14.4 Å². The minimum absolute atomic E-state index is 0.0186. The van der Waals surface area contributed by atoms with Crippen LogP contribution < -0.4 is 0 Å². The lowest BCUT2D eigenvalue weighted by atomic mass is 9.99. The maximum atomic E-state index is 13.1. The SMILES string of the molecule is CC(C)(C)OC(=O)N(CCCCCCCCCCC(=O)N1CCN(C(=O)Cn2cc(-c3ccc(-c4cncc5ccccc45)cc3)cn2)CC1)C(C)(C)C. The van der Waals surface area contributed by atoms with Crippen LogP contribution in [-0.2, 0) is 20.9 Å². The molecule has 10 nitrogen and oxygen atoms in total. The molecule has 0 aliphatic carbocycles. The molecule has 4 aromatic rings. The number of rotatable bonds is 15. The number of aromatic nitrogens is 3. The predicted octanol–water partition coefficient (Wildman–Crippen LogP) is 8.98. The highest BCUT2D eigenvalue weighted by Crippen LogP contribution is 2.30. The fourth-order valence-electron chi connectivity index (χ4n) is 7.01. The summed E-state index contributed by atoms with van der Waals surface area (Å²) in [5.41, 5.74) is 3.42. The highest BCUT2D eigenvalue weighted by molar-refractivity contribution is 5.95. The smallest absolute Gasteiger partial charge is 0.410 e. The van der Waals surface area contributed by atoms with E-state index in [4.69, 9.17) is 4.74 Å². The number of carbonyl (C=O) groups excluding carboxylic acids is 3. The van der Waals surface area contributed by atoms with Crippen molar-refractivity contribution in [1.29, 1.82) is 0 Å². The van der Waals surface area contributed by atoms with Crippen LogP contribution in [0.5, 0.6) is 0 Å². The summed E-state index contributed by atoms with van der Waals surface area (Å²) in [4.78, 5) is 48.7. The van der Waals surface area contributed by atoms with Gasteiger partial charge >= 0.3 is 6.09 Å². The highest BCUT2D eigenvalue weighted by atomic mass is 16.6. The lowest BCUT2D eigenvalue weighted by Gasteiger charge is -2.37. The van der Waals surface area contributed by atoms with E-state index < -0.39 is 5.60 Å². The van der Waals surface area contributed by atoms with E-state index >= 15 is 0 Å². The van der Waals surface area contributed by atoms with Crippen LogP contribution in [0.3, 0.4) is 0 Å². The Balaban J connectivity index is 0.941. The van der Waals surface area contributed by atoms with Gasteiger partial charge < -0.3 is 19.4 Å². The van der Waals surface area contributed by atoms with E-state index in [1.165, 1.54) is 11.8 Å². The monoisotopic (exact) mass is 736 g/mol. The maximum Gasteiger partial charge on any atom is 0.410 e. The van der Waals surface area contributed by atoms with Gasteiger partial charge in [0.05, 0.1) is 6.20 Å². The summed E-state index contributed by atoms with van der Waals surface area (Å²) in [7, 11) is 0. The Morgan fingerprint density at radius 2 is 1.28 bits per heavy atom. The first-order valence-electron chi connectivity index (χ1n) is 19.8. The van der Waals surface area contributed by atoms with Crippen molar-refractivity contribution in [3.63, 3.8) is 0 Å². The van der Waals surface area contributed by atoms with Crippen LogP contribution in [0.4, 0.5) is 4.79 Å². The first kappa shape index (κ1) is 40.5. The van der Waals surface area contributed by atoms with Gasteiger partial charge in [-0.25, -0.2) is 4.79 Å². The van der Waals surface area contributed by atoms with Crippen molar-refractivity contribution in [1.82, 2.24) is 29.5 Å². The third kappa shape index (κ3) is 11.6. The third-order valence-corrected chi connectivity index (χ3v) is 10.1. The molecule has 0 radical (unpaired) electrons. The van der Waals surface area contributed by atoms with Gasteiger partial charge in [-0.15, -0.1) is 0 Å². The van der Waals surface area contributed by atoms with Crippen molar-refractivity contribution in [3.8, 4) is 22.3 Å². The number of piperazine rings is 1. The predicted molar refractivity (Wildman–Crippen MR) is 216 cm³/mol. The molecule has 3 heterocycles. The number of unbranched alkanes of at least 4 members (excludes halogenated alkanes) is 7. The molecule has 1 fully saturated rings. The summed E-state index contributed by atoms with van der Waals surface area (Å²) in [5.74, 6) is 0.208. The fraction of sp³-hybridized carbons (Fsp3) is 0.523. The molecule has 2 aromatic carbocycles. The number of carbonyl (C=O) groups is 3. The summed E-state index contributed by atoms with van der Waals surface area (Å²) in [6.45, 7) is 15.0. The van der Waals surface area contributed by atoms with Crippen LogP contribution in [0.25, 0.3) is 33.0 Å². The van der Waals surface area contributed by atoms with Crippen molar-refractivity contribution >= 4 is 28.7 Å². The average Bonchev–Trinajstić information content (AvgIpc) is 3.60. The highest BCUT2D eigenvalue weighted by Gasteiger charge is 2.30. The van der Waals surface area contributed by atoms with Crippen LogP contribution in [0.15, 0.2) is 73.3 Å². The van der Waals surface area contributed by atoms with Gasteiger partial charge in [-0.2, -0.15) is 5.10 Å². The molecule has 0 atom stereocenters. The van der Waals surface area contributed by atoms with Crippen molar-refractivity contribution in [2.75, 3.05) is 32.7 Å². The number of amides is 3. The van der Waals surface area contributed by atoms with E-state index in [0.29, 0.717) is 39.1 Å². The minimum Gasteiger partial charge on any atom is -0.444 e. The minimum atomic E-state index is -0.497. The fourth-order valence-corrected chi connectivity index (χ4v) is 7.01. The van der Waals surface area contributed by atoms with Gasteiger partial charge in [-0.1, -0.05) is 87.1 Å². The first-order valence-corrected chi connectivity index (χ1v) is 19.8. The molecule has 0 bridgehead atoms. The second-order valence-corrected chi connectivity index (χ2v) is 16.6. The number of ether oxygens (including phenoxy) is 1. The zero-order valence-corrected chi connectivity index (χ0v) is 33.4. The Hall–Kier alpha value is -4.73. The van der Waals surface area contributed by atoms with Crippen molar-refractivity contribution in [2.24, 2.45) is 0 Å². The van der Waals surface area contributed by atoms with E-state index in [2.05, 4.69) is 67.3 Å². The van der Waals surface area contributed by atoms with E-state index in [0.717, 1.165) is 72.6 Å². The topological polar surface area (TPSA) is 101 Å². The summed E-state index contributed by atoms with van der Waals surface area (Å²) in [6, 6.07) is 16.6. The number of hydrogen-bond donors (Lipinski definition) is 0. The van der Waals surface area contributed by atoms with E-state index in [1.807, 2.05) is 66.2 Å². The molecule has 0 unspecified atom stereocenters. The molecule has 10 heteroatoms. The van der Waals surface area contributed by atoms with Gasteiger partial charge in [-0.3, -0.25) is 19.3 Å². The van der Waals surface area contributed by atoms with Gasteiger partial charge in [0.1, 0.15) is 12.1 Å². The van der Waals surface area contributed by atoms with Crippen LogP contribution >= 0.6 is 0 Å². The molecule has 3 amide bonds. The molecule has 1 aliphatic rings. The summed E-state index contributed by atoms with van der Waals surface area (Å²) in [5, 5.41) is 6.76. The van der Waals surface area contributed by atoms with Crippen LogP contribution in [-0.4, -0.2) is 91.2 Å². The Kier molecular flexibility index (Phi) is 13.9. The van der Waals surface area contributed by atoms with Gasteiger partial charge in [0, 0.05) is 79.8 Å². The third-order valence-electron chi connectivity index (χ3n) is 10.1. The quantitative estimate of drug-likeness (QED) is 0.113. The molecule has 1 aliphatic heterocycles. The van der Waals surface area contributed by atoms with Crippen LogP contribution in [0.2, 0.25) is 0 Å². The van der Waals surface area contributed by atoms with Gasteiger partial charge in [0.25, 0.3) is 0 Å². The molecule has 54 heavy (non-hydrogen) atoms. The summed E-state index contributed by atoms with van der Waals surface area (Å²) >= 11 is 0. The molecule has 1 saturated heterocycles. The Morgan fingerprint density at radius 3 is 1.93 bits per heavy atom. The second-order valence-electron chi connectivity index (χ2n) is 16.6. The Labute approximate surface area is 321 Å². The second kappa shape index (κ2) is 18.5. The molecular formula is C44H60N6O4. The van der Waals surface area contributed by atoms with Crippen molar-refractivity contribution in [3.05, 3.63) is 73.3 Å². The average molecular weight is 737 g/mol. The number of benzene rings is 2. The van der Waals surface area contributed by atoms with Crippen LogP contribution in [0, 0.1) is 0 Å². The standard InChI is InChI=1S/C44H60N6O4/c1-43(2,3)50(42(53)54-44(4,5)6)24-16-12-10-8-7-9-11-13-19-40(51)47-25-27-48(28-26-47)41(52)33-49-32-37(30-46-49)34-20-22-35(23-21-34)39-31-45-29-36-17-14-15-18-38(36)39/h14-15,17-18,20-23,29-32H,7-13,16,19,24-28,33H2,1-6H3. The number of hydrogen-bond acceptors (Lipinski definition) is 6. The largest absolute Gasteiger partial charge is 0.444 e. The zero-order chi connectivity index (χ0) is 38.7. The lowest BCUT2D eigenvalue weighted by Crippen LogP contribution is -2.51. The maximum absolute atomic E-state index is 13.1. The van der Waals surface area contributed by atoms with Gasteiger partial charge in [0.2, 0.25) is 11.8 Å². The van der Waals surface area contributed by atoms with Crippen molar-refractivity contribution < 1.29 is 19.1 Å².